The second-order valence-electron chi connectivity index (χ2n) is 9.83. The topological polar surface area (TPSA) is 101 Å². The van der Waals surface area contributed by atoms with Gasteiger partial charge in [0.25, 0.3) is 6.43 Å². The Kier molecular flexibility index (Phi) is 6.86. The molecular weight excluding hydrogens is 487 g/mol. The molecule has 2 N–H and O–H groups in total. The molecule has 0 unspecified atom stereocenters. The number of aliphatic hydroxyl groups is 1. The largest absolute Gasteiger partial charge is 0.470 e. The minimum atomic E-state index is -2.70. The highest BCUT2D eigenvalue weighted by Crippen LogP contribution is 2.33. The Morgan fingerprint density at radius 1 is 1.19 bits per heavy atom. The first-order chi connectivity index (χ1) is 17.7. The summed E-state index contributed by atoms with van der Waals surface area (Å²) in [5.74, 6) is 0.0406. The molecular formula is C25H28F3N7O2. The molecule has 37 heavy (non-hydrogen) atoms. The number of β-amino-alcohol motifs (C(OH)–C–C–N with tert-alkyl or cyclic N) is 1. The van der Waals surface area contributed by atoms with Gasteiger partial charge in [0, 0.05) is 43.8 Å². The molecule has 9 nitrogen and oxygen atoms in total. The predicted octanol–water partition coefficient (Wildman–Crippen LogP) is 3.58. The van der Waals surface area contributed by atoms with Gasteiger partial charge in [0.15, 0.2) is 6.61 Å². The van der Waals surface area contributed by atoms with Crippen LogP contribution in [0.3, 0.4) is 0 Å². The maximum Gasteiger partial charge on any atom is 0.272 e. The SMILES string of the molecule is CC(C)(O)CN1CC[C@H](Nc2nc(OCC(F)F)c3c(-c4ccc5nccnc5c4)ccn3n2)[C@H](F)C1. The van der Waals surface area contributed by atoms with Crippen molar-refractivity contribution in [2.75, 3.05) is 31.6 Å². The number of nitrogens with one attached hydrogen (secondary N) is 1. The van der Waals surface area contributed by atoms with Crippen molar-refractivity contribution in [3.8, 4) is 17.0 Å². The summed E-state index contributed by atoms with van der Waals surface area (Å²) >= 11 is 0. The van der Waals surface area contributed by atoms with Crippen molar-refractivity contribution in [2.45, 2.75) is 44.5 Å². The van der Waals surface area contributed by atoms with Gasteiger partial charge < -0.3 is 15.2 Å². The summed E-state index contributed by atoms with van der Waals surface area (Å²) in [5, 5.41) is 17.5. The lowest BCUT2D eigenvalue weighted by Gasteiger charge is -2.37. The number of aromatic nitrogens is 5. The van der Waals surface area contributed by atoms with Crippen molar-refractivity contribution in [3.05, 3.63) is 42.9 Å². The molecule has 1 aliphatic heterocycles. The van der Waals surface area contributed by atoms with Gasteiger partial charge in [-0.2, -0.15) is 4.98 Å². The van der Waals surface area contributed by atoms with E-state index in [9.17, 15) is 18.3 Å². The van der Waals surface area contributed by atoms with Crippen molar-refractivity contribution in [3.63, 3.8) is 0 Å². The molecule has 1 aromatic carbocycles. The monoisotopic (exact) mass is 515 g/mol. The molecule has 0 amide bonds. The molecule has 196 valence electrons. The minimum absolute atomic E-state index is 0.0353. The molecule has 12 heteroatoms. The first-order valence-corrected chi connectivity index (χ1v) is 12.0. The highest BCUT2D eigenvalue weighted by molar-refractivity contribution is 5.89. The molecule has 4 aromatic rings. The average molecular weight is 516 g/mol. The number of halogens is 3. The highest BCUT2D eigenvalue weighted by Gasteiger charge is 2.32. The standard InChI is InChI=1S/C25H28F3N7O2/c1-25(2,36)14-34-9-6-18(17(26)12-34)31-24-32-23(37-13-21(27)28)22-16(5-10-35(22)33-24)15-3-4-19-20(11-15)30-8-7-29-19/h3-5,7-8,10-11,17-18,21,36H,6,9,12-14H2,1-2H3,(H,31,33)/t17-,18+/m1/s1. The van der Waals surface area contributed by atoms with E-state index in [2.05, 4.69) is 25.4 Å². The Labute approximate surface area is 211 Å². The number of hydrogen-bond donors (Lipinski definition) is 2. The number of likely N-dealkylation sites (tertiary alicyclic amines) is 1. The number of rotatable bonds is 8. The smallest absolute Gasteiger partial charge is 0.272 e. The molecule has 1 fully saturated rings. The fourth-order valence-corrected chi connectivity index (χ4v) is 4.65. The zero-order chi connectivity index (χ0) is 26.2. The summed E-state index contributed by atoms with van der Waals surface area (Å²) in [4.78, 5) is 14.8. The maximum atomic E-state index is 15.0. The van der Waals surface area contributed by atoms with Crippen LogP contribution in [0.25, 0.3) is 27.7 Å². The Morgan fingerprint density at radius 2 is 1.97 bits per heavy atom. The van der Waals surface area contributed by atoms with Gasteiger partial charge in [-0.25, -0.2) is 17.7 Å². The van der Waals surface area contributed by atoms with Crippen LogP contribution in [-0.4, -0.2) is 85.1 Å². The number of benzene rings is 1. The van der Waals surface area contributed by atoms with E-state index in [0.29, 0.717) is 36.1 Å². The summed E-state index contributed by atoms with van der Waals surface area (Å²) in [7, 11) is 0. The van der Waals surface area contributed by atoms with Crippen molar-refractivity contribution in [1.82, 2.24) is 29.5 Å². The summed E-state index contributed by atoms with van der Waals surface area (Å²) in [6.45, 7) is 3.62. The first-order valence-electron chi connectivity index (χ1n) is 12.0. The summed E-state index contributed by atoms with van der Waals surface area (Å²) < 4.78 is 48.0. The molecule has 0 radical (unpaired) electrons. The van der Waals surface area contributed by atoms with Gasteiger partial charge in [-0.1, -0.05) is 6.07 Å². The molecule has 5 rings (SSSR count). The van der Waals surface area contributed by atoms with Crippen molar-refractivity contribution >= 4 is 22.5 Å². The van der Waals surface area contributed by atoms with E-state index in [1.165, 1.54) is 4.52 Å². The maximum absolute atomic E-state index is 15.0. The average Bonchev–Trinajstić information content (AvgIpc) is 3.27. The van der Waals surface area contributed by atoms with Gasteiger partial charge in [-0.15, -0.1) is 5.10 Å². The third kappa shape index (κ3) is 5.75. The zero-order valence-corrected chi connectivity index (χ0v) is 20.5. The Balaban J connectivity index is 1.44. The van der Waals surface area contributed by atoms with E-state index in [1.54, 1.807) is 38.5 Å². The number of fused-ring (bicyclic) bond motifs is 2. The van der Waals surface area contributed by atoms with Crippen molar-refractivity contribution < 1.29 is 23.0 Å². The first kappa shape index (κ1) is 25.2. The van der Waals surface area contributed by atoms with E-state index in [-0.39, 0.29) is 18.4 Å². The van der Waals surface area contributed by atoms with E-state index in [0.717, 1.165) is 11.1 Å². The fraction of sp³-hybridized carbons (Fsp3) is 0.440. The third-order valence-corrected chi connectivity index (χ3v) is 6.16. The molecule has 4 heterocycles. The molecule has 1 aliphatic rings. The summed E-state index contributed by atoms with van der Waals surface area (Å²) in [6, 6.07) is 6.73. The highest BCUT2D eigenvalue weighted by atomic mass is 19.3. The quantitative estimate of drug-likeness (QED) is 0.367. The predicted molar refractivity (Wildman–Crippen MR) is 133 cm³/mol. The van der Waals surface area contributed by atoms with Crippen LogP contribution in [0.5, 0.6) is 5.88 Å². The third-order valence-electron chi connectivity index (χ3n) is 6.16. The van der Waals surface area contributed by atoms with Crippen molar-refractivity contribution in [1.29, 1.82) is 0 Å². The molecule has 3 aromatic heterocycles. The van der Waals surface area contributed by atoms with Crippen LogP contribution in [0, 0.1) is 0 Å². The minimum Gasteiger partial charge on any atom is -0.470 e. The van der Waals surface area contributed by atoms with E-state index in [4.69, 9.17) is 4.74 Å². The fourth-order valence-electron chi connectivity index (χ4n) is 4.65. The normalized spacial score (nSPS) is 19.1. The number of nitrogens with zero attached hydrogens (tertiary/aromatic N) is 6. The molecule has 2 atom stereocenters. The van der Waals surface area contributed by atoms with Crippen LogP contribution in [0.4, 0.5) is 19.1 Å². The summed E-state index contributed by atoms with van der Waals surface area (Å²) in [5.41, 5.74) is 2.33. The Hall–Kier alpha value is -3.51. The summed E-state index contributed by atoms with van der Waals surface area (Å²) in [6.07, 6.45) is 1.40. The van der Waals surface area contributed by atoms with E-state index < -0.39 is 30.8 Å². The van der Waals surface area contributed by atoms with Gasteiger partial charge in [-0.05, 0) is 44.0 Å². The van der Waals surface area contributed by atoms with Crippen LogP contribution in [0.15, 0.2) is 42.9 Å². The van der Waals surface area contributed by atoms with Crippen LogP contribution >= 0.6 is 0 Å². The van der Waals surface area contributed by atoms with Gasteiger partial charge in [-0.3, -0.25) is 14.9 Å². The van der Waals surface area contributed by atoms with Crippen LogP contribution in [0.1, 0.15) is 20.3 Å². The van der Waals surface area contributed by atoms with Gasteiger partial charge in [0.05, 0.1) is 22.7 Å². The number of alkyl halides is 3. The number of anilines is 1. The van der Waals surface area contributed by atoms with Crippen LogP contribution in [-0.2, 0) is 0 Å². The van der Waals surface area contributed by atoms with Crippen molar-refractivity contribution in [2.24, 2.45) is 0 Å². The van der Waals surface area contributed by atoms with E-state index >= 15 is 0 Å². The lowest BCUT2D eigenvalue weighted by molar-refractivity contribution is 0.0147. The second kappa shape index (κ2) is 10.1. The molecule has 0 aliphatic carbocycles. The van der Waals surface area contributed by atoms with Crippen LogP contribution < -0.4 is 10.1 Å². The lowest BCUT2D eigenvalue weighted by atomic mass is 10.0. The zero-order valence-electron chi connectivity index (χ0n) is 20.5. The molecule has 0 saturated carbocycles. The van der Waals surface area contributed by atoms with E-state index in [1.807, 2.05) is 23.1 Å². The Morgan fingerprint density at radius 3 is 2.70 bits per heavy atom. The van der Waals surface area contributed by atoms with Gasteiger partial charge >= 0.3 is 0 Å². The molecule has 0 spiro atoms. The Bertz CT molecular complexity index is 1390. The molecule has 0 bridgehead atoms. The van der Waals surface area contributed by atoms with Gasteiger partial charge in [0.2, 0.25) is 11.8 Å². The number of piperidine rings is 1. The second-order valence-corrected chi connectivity index (χ2v) is 9.83. The van der Waals surface area contributed by atoms with Gasteiger partial charge in [0.1, 0.15) is 11.7 Å². The lowest BCUT2D eigenvalue weighted by Crippen LogP contribution is -2.51. The number of hydrogen-bond acceptors (Lipinski definition) is 8. The number of ether oxygens (including phenoxy) is 1. The molecule has 1 saturated heterocycles. The van der Waals surface area contributed by atoms with Crippen LogP contribution in [0.2, 0.25) is 0 Å².